The maximum atomic E-state index is 12.5. The number of ether oxygens (including phenoxy) is 1. The number of hydrogen-bond donors (Lipinski definition) is 0. The first-order valence-electron chi connectivity index (χ1n) is 8.26. The van der Waals surface area contributed by atoms with E-state index in [1.54, 1.807) is 24.3 Å². The molecule has 4 rings (SSSR count). The number of rotatable bonds is 4. The summed E-state index contributed by atoms with van der Waals surface area (Å²) in [5.41, 5.74) is 1.15. The van der Waals surface area contributed by atoms with E-state index in [0.29, 0.717) is 5.56 Å². The number of carbonyl (C=O) groups is 1. The van der Waals surface area contributed by atoms with Crippen LogP contribution in [0.5, 0.6) is 11.5 Å². The van der Waals surface area contributed by atoms with Crippen molar-refractivity contribution in [2.45, 2.75) is 4.90 Å². The number of hydrogen-bond acceptors (Lipinski definition) is 5. The zero-order chi connectivity index (χ0) is 19.7. The van der Waals surface area contributed by atoms with Gasteiger partial charge >= 0.3 is 10.1 Å². The highest BCUT2D eigenvalue weighted by atomic mass is 79.9. The molecule has 0 radical (unpaired) electrons. The maximum Gasteiger partial charge on any atom is 0.339 e. The van der Waals surface area contributed by atoms with Gasteiger partial charge in [0.05, 0.1) is 5.56 Å². The van der Waals surface area contributed by atoms with Crippen LogP contribution in [0.4, 0.5) is 0 Å². The van der Waals surface area contributed by atoms with Gasteiger partial charge in [0.15, 0.2) is 5.76 Å². The largest absolute Gasteiger partial charge is 0.452 e. The lowest BCUT2D eigenvalue weighted by atomic mass is 10.1. The molecular formula is C21H13BrO5S. The second-order valence-electron chi connectivity index (χ2n) is 6.00. The number of benzene rings is 3. The van der Waals surface area contributed by atoms with Crippen molar-refractivity contribution in [2.24, 2.45) is 0 Å². The average Bonchev–Trinajstić information content (AvgIpc) is 2.97. The maximum absolute atomic E-state index is 12.5. The van der Waals surface area contributed by atoms with Crippen LogP contribution in [0, 0.1) is 0 Å². The van der Waals surface area contributed by atoms with E-state index in [2.05, 4.69) is 15.9 Å². The molecule has 0 saturated carbocycles. The van der Waals surface area contributed by atoms with Gasteiger partial charge in [0.2, 0.25) is 5.78 Å². The molecule has 1 aliphatic rings. The Morgan fingerprint density at radius 2 is 1.71 bits per heavy atom. The second-order valence-corrected chi connectivity index (χ2v) is 8.47. The molecule has 7 heteroatoms. The molecule has 1 aliphatic heterocycles. The van der Waals surface area contributed by atoms with Crippen LogP contribution in [0.1, 0.15) is 15.9 Å². The molecule has 3 aromatic carbocycles. The first kappa shape index (κ1) is 18.5. The van der Waals surface area contributed by atoms with Crippen LogP contribution < -0.4 is 8.92 Å². The van der Waals surface area contributed by atoms with Crippen LogP contribution in [0.15, 0.2) is 87.9 Å². The van der Waals surface area contributed by atoms with Crippen LogP contribution in [0.25, 0.3) is 6.08 Å². The summed E-state index contributed by atoms with van der Waals surface area (Å²) in [6, 6.07) is 19.6. The molecule has 3 aromatic rings. The zero-order valence-electron chi connectivity index (χ0n) is 14.3. The summed E-state index contributed by atoms with van der Waals surface area (Å²) in [6.45, 7) is 0. The van der Waals surface area contributed by atoms with E-state index < -0.39 is 10.1 Å². The van der Waals surface area contributed by atoms with Crippen molar-refractivity contribution >= 4 is 37.9 Å². The Bertz CT molecular complexity index is 1200. The normalized spacial score (nSPS) is 14.6. The molecule has 28 heavy (non-hydrogen) atoms. The molecule has 0 aliphatic carbocycles. The summed E-state index contributed by atoms with van der Waals surface area (Å²) in [4.78, 5) is 12.6. The number of allylic oxidation sites excluding steroid dienone is 1. The van der Waals surface area contributed by atoms with Gasteiger partial charge in [-0.25, -0.2) is 0 Å². The summed E-state index contributed by atoms with van der Waals surface area (Å²) in [5, 5.41) is 0. The number of ketones is 1. The van der Waals surface area contributed by atoms with E-state index in [0.717, 1.165) is 10.0 Å². The lowest BCUT2D eigenvalue weighted by Gasteiger charge is -2.07. The molecule has 0 amide bonds. The van der Waals surface area contributed by atoms with Gasteiger partial charge < -0.3 is 8.92 Å². The summed E-state index contributed by atoms with van der Waals surface area (Å²) < 4.78 is 36.4. The number of Topliss-reactive ketones (excluding diaryl/α,β-unsaturated/α-hetero) is 1. The summed E-state index contributed by atoms with van der Waals surface area (Å²) in [5.74, 6) is 0.217. The van der Waals surface area contributed by atoms with Gasteiger partial charge in [0, 0.05) is 10.5 Å². The predicted octanol–water partition coefficient (Wildman–Crippen LogP) is 4.83. The molecule has 0 bridgehead atoms. The minimum absolute atomic E-state index is 0.0442. The molecule has 0 aromatic heterocycles. The summed E-state index contributed by atoms with van der Waals surface area (Å²) in [7, 11) is -3.97. The van der Waals surface area contributed by atoms with Crippen LogP contribution in [0.2, 0.25) is 0 Å². The topological polar surface area (TPSA) is 69.7 Å². The lowest BCUT2D eigenvalue weighted by Crippen LogP contribution is -2.09. The Kier molecular flexibility index (Phi) is 4.78. The third-order valence-electron chi connectivity index (χ3n) is 4.03. The lowest BCUT2D eigenvalue weighted by molar-refractivity contribution is 0.101. The van der Waals surface area contributed by atoms with Crippen molar-refractivity contribution in [2.75, 3.05) is 0 Å². The van der Waals surface area contributed by atoms with Crippen LogP contribution in [0.3, 0.4) is 0 Å². The summed E-state index contributed by atoms with van der Waals surface area (Å²) >= 11 is 3.38. The van der Waals surface area contributed by atoms with Gasteiger partial charge in [-0.15, -0.1) is 0 Å². The highest BCUT2D eigenvalue weighted by Gasteiger charge is 2.28. The number of carbonyl (C=O) groups excluding carboxylic acids is 1. The molecular weight excluding hydrogens is 444 g/mol. The standard InChI is InChI=1S/C21H13BrO5S/c22-15-6-4-5-14(11-15)12-20-21(23)18-10-9-16(13-19(18)26-20)27-28(24,25)17-7-2-1-3-8-17/h1-13H. The fourth-order valence-corrected chi connectivity index (χ4v) is 4.09. The first-order valence-corrected chi connectivity index (χ1v) is 10.5. The van der Waals surface area contributed by atoms with E-state index in [4.69, 9.17) is 8.92 Å². The fraction of sp³-hybridized carbons (Fsp3) is 0. The minimum atomic E-state index is -3.97. The van der Waals surface area contributed by atoms with E-state index in [1.807, 2.05) is 24.3 Å². The Labute approximate surface area is 170 Å². The van der Waals surface area contributed by atoms with Crippen molar-refractivity contribution in [1.82, 2.24) is 0 Å². The fourth-order valence-electron chi connectivity index (χ4n) is 2.73. The van der Waals surface area contributed by atoms with Gasteiger partial charge in [-0.1, -0.05) is 46.3 Å². The molecule has 5 nitrogen and oxygen atoms in total. The number of fused-ring (bicyclic) bond motifs is 1. The van der Waals surface area contributed by atoms with Gasteiger partial charge in [0.25, 0.3) is 0 Å². The third kappa shape index (κ3) is 3.72. The van der Waals surface area contributed by atoms with E-state index >= 15 is 0 Å². The van der Waals surface area contributed by atoms with Gasteiger partial charge in [-0.05, 0) is 48.0 Å². The third-order valence-corrected chi connectivity index (χ3v) is 5.78. The minimum Gasteiger partial charge on any atom is -0.452 e. The highest BCUT2D eigenvalue weighted by molar-refractivity contribution is 9.10. The van der Waals surface area contributed by atoms with Crippen molar-refractivity contribution in [3.8, 4) is 11.5 Å². The monoisotopic (exact) mass is 456 g/mol. The second kappa shape index (κ2) is 7.26. The average molecular weight is 457 g/mol. The Hall–Kier alpha value is -2.90. The van der Waals surface area contributed by atoms with Gasteiger partial charge in [-0.2, -0.15) is 8.42 Å². The first-order chi connectivity index (χ1) is 13.4. The van der Waals surface area contributed by atoms with E-state index in [-0.39, 0.29) is 27.9 Å². The zero-order valence-corrected chi connectivity index (χ0v) is 16.7. The van der Waals surface area contributed by atoms with Crippen LogP contribution >= 0.6 is 15.9 Å². The van der Waals surface area contributed by atoms with Crippen molar-refractivity contribution < 1.29 is 22.1 Å². The SMILES string of the molecule is O=C1C(=Cc2cccc(Br)c2)Oc2cc(OS(=O)(=O)c3ccccc3)ccc21. The molecule has 0 saturated heterocycles. The van der Waals surface area contributed by atoms with Crippen molar-refractivity contribution in [3.05, 3.63) is 94.2 Å². The number of halogens is 1. The quantitative estimate of drug-likeness (QED) is 0.415. The van der Waals surface area contributed by atoms with Gasteiger partial charge in [0.1, 0.15) is 16.4 Å². The van der Waals surface area contributed by atoms with Crippen molar-refractivity contribution in [3.63, 3.8) is 0 Å². The van der Waals surface area contributed by atoms with Gasteiger partial charge in [-0.3, -0.25) is 4.79 Å². The van der Waals surface area contributed by atoms with E-state index in [1.165, 1.54) is 30.3 Å². The predicted molar refractivity (Wildman–Crippen MR) is 108 cm³/mol. The van der Waals surface area contributed by atoms with Crippen LogP contribution in [-0.4, -0.2) is 14.2 Å². The van der Waals surface area contributed by atoms with Crippen LogP contribution in [-0.2, 0) is 10.1 Å². The molecule has 0 unspecified atom stereocenters. The van der Waals surface area contributed by atoms with E-state index in [9.17, 15) is 13.2 Å². The summed E-state index contributed by atoms with van der Waals surface area (Å²) in [6.07, 6.45) is 1.63. The molecule has 140 valence electrons. The smallest absolute Gasteiger partial charge is 0.339 e. The molecule has 0 fully saturated rings. The molecule has 0 atom stereocenters. The molecule has 1 heterocycles. The Balaban J connectivity index is 1.61. The Morgan fingerprint density at radius 3 is 2.46 bits per heavy atom. The highest BCUT2D eigenvalue weighted by Crippen LogP contribution is 2.35. The van der Waals surface area contributed by atoms with Crippen molar-refractivity contribution in [1.29, 1.82) is 0 Å². The molecule has 0 spiro atoms. The Morgan fingerprint density at radius 1 is 0.929 bits per heavy atom. The molecule has 0 N–H and O–H groups in total.